The number of carbonyl (C=O) groups is 1. The van der Waals surface area contributed by atoms with E-state index in [1.54, 1.807) is 18.4 Å². The SMILES string of the molecule is COc1ccc(-c2ccccc2C(=O)N2CC3CC(C2)CN(c2nc4ccccc4s2)C3)cc1. The summed E-state index contributed by atoms with van der Waals surface area (Å²) in [6.45, 7) is 3.52. The highest BCUT2D eigenvalue weighted by molar-refractivity contribution is 7.22. The molecule has 0 saturated carbocycles. The molecule has 1 aromatic heterocycles. The van der Waals surface area contributed by atoms with Gasteiger partial charge in [0.15, 0.2) is 5.13 Å². The van der Waals surface area contributed by atoms with Crippen LogP contribution in [0.4, 0.5) is 5.13 Å². The Hall–Kier alpha value is -3.38. The fraction of sp³-hybridized carbons (Fsp3) is 0.286. The predicted molar refractivity (Wildman–Crippen MR) is 138 cm³/mol. The van der Waals surface area contributed by atoms with Crippen molar-refractivity contribution in [1.29, 1.82) is 0 Å². The first-order valence-corrected chi connectivity index (χ1v) is 12.6. The van der Waals surface area contributed by atoms with Crippen molar-refractivity contribution in [3.63, 3.8) is 0 Å². The maximum absolute atomic E-state index is 13.7. The molecule has 34 heavy (non-hydrogen) atoms. The van der Waals surface area contributed by atoms with Crippen molar-refractivity contribution >= 4 is 32.6 Å². The van der Waals surface area contributed by atoms with Crippen molar-refractivity contribution in [1.82, 2.24) is 9.88 Å². The summed E-state index contributed by atoms with van der Waals surface area (Å²) in [7, 11) is 1.66. The molecule has 6 heteroatoms. The van der Waals surface area contributed by atoms with Gasteiger partial charge < -0.3 is 14.5 Å². The topological polar surface area (TPSA) is 45.7 Å². The van der Waals surface area contributed by atoms with E-state index in [4.69, 9.17) is 9.72 Å². The van der Waals surface area contributed by atoms with Gasteiger partial charge in [0.05, 0.1) is 17.3 Å². The molecule has 0 spiro atoms. The number of piperidine rings is 2. The fourth-order valence-corrected chi connectivity index (χ4v) is 6.44. The number of aromatic nitrogens is 1. The number of rotatable bonds is 4. The van der Waals surface area contributed by atoms with Crippen molar-refractivity contribution in [2.75, 3.05) is 38.2 Å². The van der Waals surface area contributed by atoms with E-state index < -0.39 is 0 Å². The Morgan fingerprint density at radius 2 is 1.62 bits per heavy atom. The molecule has 5 nitrogen and oxygen atoms in total. The number of benzene rings is 3. The number of nitrogens with zero attached hydrogens (tertiary/aromatic N) is 3. The average molecular weight is 470 g/mol. The van der Waals surface area contributed by atoms with Crippen LogP contribution >= 0.6 is 11.3 Å². The van der Waals surface area contributed by atoms with E-state index in [9.17, 15) is 4.79 Å². The second-order valence-corrected chi connectivity index (χ2v) is 10.3. The summed E-state index contributed by atoms with van der Waals surface area (Å²) in [4.78, 5) is 23.1. The zero-order valence-corrected chi connectivity index (χ0v) is 20.0. The normalized spacial score (nSPS) is 19.9. The van der Waals surface area contributed by atoms with Crippen LogP contribution in [0.25, 0.3) is 21.3 Å². The molecular formula is C28H27N3O2S. The Labute approximate surface area is 203 Å². The first-order chi connectivity index (χ1) is 16.7. The summed E-state index contributed by atoms with van der Waals surface area (Å²) in [6.07, 6.45) is 1.19. The molecule has 4 aromatic rings. The largest absolute Gasteiger partial charge is 0.497 e. The van der Waals surface area contributed by atoms with Gasteiger partial charge in [-0.3, -0.25) is 4.79 Å². The van der Waals surface area contributed by atoms with Crippen molar-refractivity contribution in [3.05, 3.63) is 78.4 Å². The van der Waals surface area contributed by atoms with Crippen LogP contribution in [0.5, 0.6) is 5.75 Å². The quantitative estimate of drug-likeness (QED) is 0.392. The smallest absolute Gasteiger partial charge is 0.254 e. The highest BCUT2D eigenvalue weighted by atomic mass is 32.1. The third-order valence-electron chi connectivity index (χ3n) is 6.98. The number of fused-ring (bicyclic) bond motifs is 3. The number of para-hydroxylation sites is 1. The third-order valence-corrected chi connectivity index (χ3v) is 8.08. The van der Waals surface area contributed by atoms with Gasteiger partial charge in [-0.1, -0.05) is 53.8 Å². The van der Waals surface area contributed by atoms with Gasteiger partial charge >= 0.3 is 0 Å². The first-order valence-electron chi connectivity index (χ1n) is 11.8. The molecule has 2 atom stereocenters. The van der Waals surface area contributed by atoms with Crippen LogP contribution in [0.1, 0.15) is 16.8 Å². The molecule has 1 amide bonds. The number of hydrogen-bond acceptors (Lipinski definition) is 5. The number of carbonyl (C=O) groups excluding carboxylic acids is 1. The van der Waals surface area contributed by atoms with Gasteiger partial charge in [0, 0.05) is 31.7 Å². The molecule has 0 aliphatic carbocycles. The molecule has 3 aromatic carbocycles. The number of likely N-dealkylation sites (tertiary alicyclic amines) is 1. The van der Waals surface area contributed by atoms with E-state index in [-0.39, 0.29) is 5.91 Å². The fourth-order valence-electron chi connectivity index (χ4n) is 5.46. The zero-order valence-electron chi connectivity index (χ0n) is 19.2. The second kappa shape index (κ2) is 8.76. The summed E-state index contributed by atoms with van der Waals surface area (Å²) in [6, 6.07) is 24.2. The summed E-state index contributed by atoms with van der Waals surface area (Å²) >= 11 is 1.77. The van der Waals surface area contributed by atoms with Crippen LogP contribution in [0.3, 0.4) is 0 Å². The van der Waals surface area contributed by atoms with Crippen molar-refractivity contribution in [2.24, 2.45) is 11.8 Å². The number of methoxy groups -OCH3 is 1. The monoisotopic (exact) mass is 469 g/mol. The summed E-state index contributed by atoms with van der Waals surface area (Å²) in [5.74, 6) is 1.89. The third kappa shape index (κ3) is 3.92. The number of anilines is 1. The molecule has 6 rings (SSSR count). The highest BCUT2D eigenvalue weighted by Gasteiger charge is 2.37. The van der Waals surface area contributed by atoms with Crippen molar-refractivity contribution in [2.45, 2.75) is 6.42 Å². The number of amides is 1. The standard InChI is InChI=1S/C28H27N3O2S/c1-33-22-12-10-21(11-13-22)23-6-2-3-7-24(23)27(32)30-15-19-14-20(16-30)18-31(17-19)28-29-25-8-4-5-9-26(25)34-28/h2-13,19-20H,14-18H2,1H3. The Kier molecular flexibility index (Phi) is 5.46. The van der Waals surface area contributed by atoms with E-state index in [1.807, 2.05) is 54.6 Å². The summed E-state index contributed by atoms with van der Waals surface area (Å²) < 4.78 is 6.53. The lowest BCUT2D eigenvalue weighted by Gasteiger charge is -2.45. The van der Waals surface area contributed by atoms with E-state index in [0.717, 1.165) is 59.3 Å². The molecule has 2 fully saturated rings. The van der Waals surface area contributed by atoms with Crippen LogP contribution < -0.4 is 9.64 Å². The maximum atomic E-state index is 13.7. The lowest BCUT2D eigenvalue weighted by Crippen LogP contribution is -2.54. The van der Waals surface area contributed by atoms with Gasteiger partial charge in [-0.2, -0.15) is 0 Å². The van der Waals surface area contributed by atoms with Crippen LogP contribution in [-0.4, -0.2) is 49.1 Å². The van der Waals surface area contributed by atoms with E-state index in [2.05, 4.69) is 28.0 Å². The molecule has 3 heterocycles. The Morgan fingerprint density at radius 3 is 2.35 bits per heavy atom. The van der Waals surface area contributed by atoms with Gasteiger partial charge in [-0.15, -0.1) is 0 Å². The Bertz CT molecular complexity index is 1290. The number of hydrogen-bond donors (Lipinski definition) is 0. The van der Waals surface area contributed by atoms with Crippen LogP contribution in [0, 0.1) is 11.8 Å². The molecule has 2 aliphatic heterocycles. The minimum Gasteiger partial charge on any atom is -0.497 e. The maximum Gasteiger partial charge on any atom is 0.254 e. The molecule has 2 saturated heterocycles. The predicted octanol–water partition coefficient (Wildman–Crippen LogP) is 5.57. The van der Waals surface area contributed by atoms with Gasteiger partial charge in [0.2, 0.25) is 0 Å². The lowest BCUT2D eigenvalue weighted by molar-refractivity contribution is 0.0565. The zero-order chi connectivity index (χ0) is 23.1. The van der Waals surface area contributed by atoms with E-state index >= 15 is 0 Å². The van der Waals surface area contributed by atoms with Crippen LogP contribution in [0.15, 0.2) is 72.8 Å². The minimum atomic E-state index is 0.134. The second-order valence-electron chi connectivity index (χ2n) is 9.32. The van der Waals surface area contributed by atoms with Crippen molar-refractivity contribution in [3.8, 4) is 16.9 Å². The molecule has 0 radical (unpaired) electrons. The van der Waals surface area contributed by atoms with Crippen molar-refractivity contribution < 1.29 is 9.53 Å². The number of ether oxygens (including phenoxy) is 1. The van der Waals surface area contributed by atoms with Crippen LogP contribution in [-0.2, 0) is 0 Å². The first kappa shape index (κ1) is 21.2. The molecular weight excluding hydrogens is 442 g/mol. The average Bonchev–Trinajstić information content (AvgIpc) is 3.32. The molecule has 2 unspecified atom stereocenters. The van der Waals surface area contributed by atoms with Gasteiger partial charge in [-0.05, 0) is 59.7 Å². The van der Waals surface area contributed by atoms with Gasteiger partial charge in [0.1, 0.15) is 5.75 Å². The van der Waals surface area contributed by atoms with E-state index in [1.165, 1.54) is 11.1 Å². The molecule has 172 valence electrons. The highest BCUT2D eigenvalue weighted by Crippen LogP contribution is 2.36. The van der Waals surface area contributed by atoms with Crippen LogP contribution in [0.2, 0.25) is 0 Å². The summed E-state index contributed by atoms with van der Waals surface area (Å²) in [5.41, 5.74) is 3.85. The van der Waals surface area contributed by atoms with Gasteiger partial charge in [0.25, 0.3) is 5.91 Å². The van der Waals surface area contributed by atoms with E-state index in [0.29, 0.717) is 11.8 Å². The molecule has 2 aliphatic rings. The molecule has 0 N–H and O–H groups in total. The number of thiazole rings is 1. The van der Waals surface area contributed by atoms with Gasteiger partial charge in [-0.25, -0.2) is 4.98 Å². The lowest BCUT2D eigenvalue weighted by atomic mass is 9.84. The minimum absolute atomic E-state index is 0.134. The Balaban J connectivity index is 1.21. The Morgan fingerprint density at radius 1 is 0.912 bits per heavy atom. The summed E-state index contributed by atoms with van der Waals surface area (Å²) in [5, 5.41) is 1.11. The molecule has 2 bridgehead atoms.